The SMILES string of the molecule is CCCSc1ccccc1N1CCN(CCC[C@@H](O)c2ccc(C)cc2)CC1. The Bertz CT molecular complexity index is 711. The van der Waals surface area contributed by atoms with E-state index in [4.69, 9.17) is 0 Å². The summed E-state index contributed by atoms with van der Waals surface area (Å²) >= 11 is 1.97. The molecule has 0 bridgehead atoms. The van der Waals surface area contributed by atoms with Crippen LogP contribution in [-0.2, 0) is 0 Å². The molecule has 0 spiro atoms. The minimum Gasteiger partial charge on any atom is -0.388 e. The lowest BCUT2D eigenvalue weighted by Crippen LogP contribution is -2.46. The Morgan fingerprint density at radius 3 is 2.43 bits per heavy atom. The lowest BCUT2D eigenvalue weighted by molar-refractivity contribution is 0.154. The van der Waals surface area contributed by atoms with Crippen LogP contribution in [0.4, 0.5) is 5.69 Å². The van der Waals surface area contributed by atoms with Gasteiger partial charge in [-0.3, -0.25) is 4.90 Å². The lowest BCUT2D eigenvalue weighted by atomic mass is 10.0. The number of hydrogen-bond acceptors (Lipinski definition) is 4. The molecule has 1 N–H and O–H groups in total. The number of thioether (sulfide) groups is 1. The number of anilines is 1. The highest BCUT2D eigenvalue weighted by molar-refractivity contribution is 7.99. The molecule has 1 aliphatic rings. The van der Waals surface area contributed by atoms with Crippen molar-refractivity contribution < 1.29 is 5.11 Å². The highest BCUT2D eigenvalue weighted by Gasteiger charge is 2.19. The first-order valence-corrected chi connectivity index (χ1v) is 11.6. The van der Waals surface area contributed by atoms with Crippen molar-refractivity contribution >= 4 is 17.4 Å². The van der Waals surface area contributed by atoms with Gasteiger partial charge >= 0.3 is 0 Å². The maximum Gasteiger partial charge on any atom is 0.0790 e. The van der Waals surface area contributed by atoms with Crippen LogP contribution >= 0.6 is 11.8 Å². The molecule has 1 saturated heterocycles. The van der Waals surface area contributed by atoms with E-state index in [9.17, 15) is 5.11 Å². The van der Waals surface area contributed by atoms with Crippen LogP contribution in [0.5, 0.6) is 0 Å². The Morgan fingerprint density at radius 2 is 1.71 bits per heavy atom. The van der Waals surface area contributed by atoms with Crippen molar-refractivity contribution in [1.82, 2.24) is 4.90 Å². The Kier molecular flexibility index (Phi) is 8.26. The number of aryl methyl sites for hydroxylation is 1. The van der Waals surface area contributed by atoms with Gasteiger partial charge in [0, 0.05) is 31.1 Å². The van der Waals surface area contributed by atoms with Gasteiger partial charge in [-0.15, -0.1) is 11.8 Å². The van der Waals surface area contributed by atoms with Gasteiger partial charge in [0.25, 0.3) is 0 Å². The van der Waals surface area contributed by atoms with Crippen molar-refractivity contribution in [3.05, 3.63) is 59.7 Å². The number of nitrogens with zero attached hydrogens (tertiary/aromatic N) is 2. The van der Waals surface area contributed by atoms with Crippen molar-refractivity contribution in [2.24, 2.45) is 0 Å². The van der Waals surface area contributed by atoms with E-state index < -0.39 is 0 Å². The summed E-state index contributed by atoms with van der Waals surface area (Å²) in [6.07, 6.45) is 2.74. The summed E-state index contributed by atoms with van der Waals surface area (Å²) in [7, 11) is 0. The number of aliphatic hydroxyl groups excluding tert-OH is 1. The van der Waals surface area contributed by atoms with E-state index in [1.807, 2.05) is 23.9 Å². The molecule has 4 heteroatoms. The third-order valence-electron chi connectivity index (χ3n) is 5.45. The fourth-order valence-electron chi connectivity index (χ4n) is 3.73. The highest BCUT2D eigenvalue weighted by atomic mass is 32.2. The van der Waals surface area contributed by atoms with Crippen LogP contribution in [0.2, 0.25) is 0 Å². The van der Waals surface area contributed by atoms with E-state index in [2.05, 4.69) is 60.0 Å². The Labute approximate surface area is 174 Å². The molecular formula is C24H34N2OS. The minimum absolute atomic E-state index is 0.343. The van der Waals surface area contributed by atoms with E-state index in [1.54, 1.807) is 0 Å². The molecule has 0 radical (unpaired) electrons. The number of hydrogen-bond donors (Lipinski definition) is 1. The van der Waals surface area contributed by atoms with Gasteiger partial charge in [0.15, 0.2) is 0 Å². The first kappa shape index (κ1) is 21.2. The fraction of sp³-hybridized carbons (Fsp3) is 0.500. The molecule has 2 aromatic carbocycles. The molecule has 3 rings (SSSR count). The molecule has 2 aromatic rings. The van der Waals surface area contributed by atoms with E-state index in [-0.39, 0.29) is 6.10 Å². The van der Waals surface area contributed by atoms with E-state index in [1.165, 1.54) is 28.3 Å². The maximum absolute atomic E-state index is 10.4. The monoisotopic (exact) mass is 398 g/mol. The summed E-state index contributed by atoms with van der Waals surface area (Å²) in [5.41, 5.74) is 3.68. The summed E-state index contributed by atoms with van der Waals surface area (Å²) < 4.78 is 0. The molecule has 1 aliphatic heterocycles. The largest absolute Gasteiger partial charge is 0.388 e. The van der Waals surface area contributed by atoms with Gasteiger partial charge in [0.05, 0.1) is 11.8 Å². The molecule has 0 amide bonds. The number of piperazine rings is 1. The van der Waals surface area contributed by atoms with E-state index in [0.29, 0.717) is 0 Å². The van der Waals surface area contributed by atoms with E-state index in [0.717, 1.165) is 51.1 Å². The van der Waals surface area contributed by atoms with Crippen LogP contribution in [0.25, 0.3) is 0 Å². The molecular weight excluding hydrogens is 364 g/mol. The predicted molar refractivity (Wildman–Crippen MR) is 121 cm³/mol. The first-order valence-electron chi connectivity index (χ1n) is 10.6. The van der Waals surface area contributed by atoms with Gasteiger partial charge in [-0.05, 0) is 56.2 Å². The average Bonchev–Trinajstić information content (AvgIpc) is 2.73. The lowest BCUT2D eigenvalue weighted by Gasteiger charge is -2.37. The number of rotatable bonds is 9. The molecule has 28 heavy (non-hydrogen) atoms. The summed E-state index contributed by atoms with van der Waals surface area (Å²) in [4.78, 5) is 6.49. The molecule has 3 nitrogen and oxygen atoms in total. The zero-order valence-electron chi connectivity index (χ0n) is 17.3. The molecule has 1 fully saturated rings. The van der Waals surface area contributed by atoms with Crippen molar-refractivity contribution in [2.45, 2.75) is 44.1 Å². The van der Waals surface area contributed by atoms with Gasteiger partial charge in [0.1, 0.15) is 0 Å². The smallest absolute Gasteiger partial charge is 0.0790 e. The zero-order chi connectivity index (χ0) is 19.8. The van der Waals surface area contributed by atoms with E-state index >= 15 is 0 Å². The Morgan fingerprint density at radius 1 is 1.00 bits per heavy atom. The zero-order valence-corrected chi connectivity index (χ0v) is 18.1. The molecule has 0 aromatic heterocycles. The van der Waals surface area contributed by atoms with Crippen LogP contribution < -0.4 is 4.90 Å². The molecule has 1 heterocycles. The van der Waals surface area contributed by atoms with Crippen LogP contribution in [-0.4, -0.2) is 48.5 Å². The van der Waals surface area contributed by atoms with Crippen molar-refractivity contribution in [2.75, 3.05) is 43.4 Å². The van der Waals surface area contributed by atoms with Crippen molar-refractivity contribution in [1.29, 1.82) is 0 Å². The van der Waals surface area contributed by atoms with Crippen LogP contribution in [0.15, 0.2) is 53.4 Å². The van der Waals surface area contributed by atoms with Crippen LogP contribution in [0.3, 0.4) is 0 Å². The van der Waals surface area contributed by atoms with Crippen LogP contribution in [0.1, 0.15) is 43.4 Å². The van der Waals surface area contributed by atoms with Crippen molar-refractivity contribution in [3.8, 4) is 0 Å². The average molecular weight is 399 g/mol. The predicted octanol–water partition coefficient (Wildman–Crippen LogP) is 5.13. The number of para-hydroxylation sites is 1. The maximum atomic E-state index is 10.4. The van der Waals surface area contributed by atoms with Gasteiger partial charge in [0.2, 0.25) is 0 Å². The van der Waals surface area contributed by atoms with Crippen molar-refractivity contribution in [3.63, 3.8) is 0 Å². The molecule has 0 saturated carbocycles. The number of benzene rings is 2. The third kappa shape index (κ3) is 6.00. The molecule has 1 atom stereocenters. The molecule has 152 valence electrons. The van der Waals surface area contributed by atoms with Gasteiger partial charge in [-0.25, -0.2) is 0 Å². The quantitative estimate of drug-likeness (QED) is 0.592. The topological polar surface area (TPSA) is 26.7 Å². The normalized spacial score (nSPS) is 16.3. The van der Waals surface area contributed by atoms with Gasteiger partial charge < -0.3 is 10.0 Å². The second-order valence-corrected chi connectivity index (χ2v) is 8.85. The molecule has 0 aliphatic carbocycles. The third-order valence-corrected chi connectivity index (χ3v) is 6.72. The van der Waals surface area contributed by atoms with Gasteiger partial charge in [-0.1, -0.05) is 48.9 Å². The summed E-state index contributed by atoms with van der Waals surface area (Å²) in [6, 6.07) is 17.1. The second kappa shape index (κ2) is 10.9. The number of aliphatic hydroxyl groups is 1. The Hall–Kier alpha value is -1.49. The summed E-state index contributed by atoms with van der Waals surface area (Å²) in [6.45, 7) is 9.78. The Balaban J connectivity index is 1.43. The fourth-order valence-corrected chi connectivity index (χ4v) is 4.67. The molecule has 0 unspecified atom stereocenters. The minimum atomic E-state index is -0.343. The highest BCUT2D eigenvalue weighted by Crippen LogP contribution is 2.31. The first-order chi connectivity index (χ1) is 13.7. The summed E-state index contributed by atoms with van der Waals surface area (Å²) in [5.74, 6) is 1.18. The second-order valence-electron chi connectivity index (χ2n) is 7.71. The summed E-state index contributed by atoms with van der Waals surface area (Å²) in [5, 5.41) is 10.4. The van der Waals surface area contributed by atoms with Gasteiger partial charge in [-0.2, -0.15) is 0 Å². The standard InChI is InChI=1S/C24H34N2OS/c1-3-19-28-24-9-5-4-7-22(24)26-17-15-25(16-18-26)14-6-8-23(27)21-12-10-20(2)11-13-21/h4-5,7,9-13,23,27H,3,6,8,14-19H2,1-2H3/t23-/m1/s1. The van der Waals surface area contributed by atoms with Crippen LogP contribution in [0, 0.1) is 6.92 Å².